The fourth-order valence-corrected chi connectivity index (χ4v) is 1.76. The molecule has 0 saturated carbocycles. The predicted molar refractivity (Wildman–Crippen MR) is 48.8 cm³/mol. The lowest BCUT2D eigenvalue weighted by Crippen LogP contribution is -2.01. The SMILES string of the molecule is CS(O)(O)Cc1cc(F)ccc1F. The van der Waals surface area contributed by atoms with E-state index in [4.69, 9.17) is 9.11 Å². The summed E-state index contributed by atoms with van der Waals surface area (Å²) in [6, 6.07) is 2.92. The van der Waals surface area contributed by atoms with Crippen molar-refractivity contribution in [2.75, 3.05) is 6.26 Å². The molecule has 0 aliphatic rings. The molecule has 1 aromatic carbocycles. The van der Waals surface area contributed by atoms with Gasteiger partial charge in [0.05, 0.1) is 5.75 Å². The van der Waals surface area contributed by atoms with Gasteiger partial charge in [0, 0.05) is 11.8 Å². The lowest BCUT2D eigenvalue weighted by atomic mass is 10.2. The van der Waals surface area contributed by atoms with Crippen LogP contribution in [0.2, 0.25) is 0 Å². The van der Waals surface area contributed by atoms with Crippen LogP contribution in [0.25, 0.3) is 0 Å². The molecule has 13 heavy (non-hydrogen) atoms. The molecule has 0 unspecified atom stereocenters. The smallest absolute Gasteiger partial charge is 0.128 e. The minimum atomic E-state index is -2.82. The van der Waals surface area contributed by atoms with E-state index in [1.807, 2.05) is 0 Å². The van der Waals surface area contributed by atoms with Gasteiger partial charge in [0.1, 0.15) is 11.6 Å². The molecule has 0 radical (unpaired) electrons. The van der Waals surface area contributed by atoms with Crippen LogP contribution in [0.4, 0.5) is 8.78 Å². The number of hydrogen-bond donors (Lipinski definition) is 2. The van der Waals surface area contributed by atoms with Gasteiger partial charge < -0.3 is 0 Å². The average molecular weight is 208 g/mol. The molecule has 2 N–H and O–H groups in total. The fraction of sp³-hybridized carbons (Fsp3) is 0.250. The van der Waals surface area contributed by atoms with Crippen LogP contribution in [-0.4, -0.2) is 15.4 Å². The molecular weight excluding hydrogens is 198 g/mol. The molecule has 0 aromatic heterocycles. The topological polar surface area (TPSA) is 40.5 Å². The van der Waals surface area contributed by atoms with Crippen LogP contribution >= 0.6 is 10.6 Å². The van der Waals surface area contributed by atoms with Gasteiger partial charge in [-0.1, -0.05) is 0 Å². The van der Waals surface area contributed by atoms with Crippen LogP contribution < -0.4 is 0 Å². The summed E-state index contributed by atoms with van der Waals surface area (Å²) < 4.78 is 43.6. The summed E-state index contributed by atoms with van der Waals surface area (Å²) in [7, 11) is -2.82. The number of rotatable bonds is 2. The normalized spacial score (nSPS) is 13.0. The highest BCUT2D eigenvalue weighted by Crippen LogP contribution is 2.38. The van der Waals surface area contributed by atoms with Gasteiger partial charge in [-0.15, -0.1) is 0 Å². The summed E-state index contributed by atoms with van der Waals surface area (Å²) in [6.45, 7) is 0. The Balaban J connectivity index is 2.94. The van der Waals surface area contributed by atoms with E-state index in [1.165, 1.54) is 6.26 Å². The molecule has 2 nitrogen and oxygen atoms in total. The van der Waals surface area contributed by atoms with Crippen molar-refractivity contribution in [1.82, 2.24) is 0 Å². The van der Waals surface area contributed by atoms with E-state index in [9.17, 15) is 8.78 Å². The molecule has 5 heteroatoms. The van der Waals surface area contributed by atoms with Gasteiger partial charge in [0.2, 0.25) is 0 Å². The van der Waals surface area contributed by atoms with Crippen LogP contribution in [0.1, 0.15) is 5.56 Å². The van der Waals surface area contributed by atoms with Gasteiger partial charge in [-0.3, -0.25) is 9.11 Å². The Morgan fingerprint density at radius 2 is 1.92 bits per heavy atom. The van der Waals surface area contributed by atoms with Crippen molar-refractivity contribution in [3.05, 3.63) is 35.4 Å². The second-order valence-corrected chi connectivity index (χ2v) is 5.15. The third-order valence-electron chi connectivity index (χ3n) is 1.44. The van der Waals surface area contributed by atoms with E-state index < -0.39 is 22.2 Å². The van der Waals surface area contributed by atoms with E-state index in [-0.39, 0.29) is 11.3 Å². The fourth-order valence-electron chi connectivity index (χ4n) is 0.949. The first-order valence-electron chi connectivity index (χ1n) is 3.53. The summed E-state index contributed by atoms with van der Waals surface area (Å²) >= 11 is 0. The summed E-state index contributed by atoms with van der Waals surface area (Å²) in [4.78, 5) is 0. The summed E-state index contributed by atoms with van der Waals surface area (Å²) in [5.41, 5.74) is -0.0116. The molecule has 0 heterocycles. The van der Waals surface area contributed by atoms with Gasteiger partial charge in [-0.25, -0.2) is 8.78 Å². The van der Waals surface area contributed by atoms with Gasteiger partial charge in [-0.05, 0) is 18.2 Å². The van der Waals surface area contributed by atoms with Crippen molar-refractivity contribution in [3.63, 3.8) is 0 Å². The van der Waals surface area contributed by atoms with Crippen LogP contribution in [0, 0.1) is 11.6 Å². The van der Waals surface area contributed by atoms with E-state index in [1.54, 1.807) is 0 Å². The van der Waals surface area contributed by atoms with Gasteiger partial charge in [0.15, 0.2) is 0 Å². The predicted octanol–water partition coefficient (Wildman–Crippen LogP) is 2.85. The van der Waals surface area contributed by atoms with Gasteiger partial charge in [-0.2, -0.15) is 10.6 Å². The highest BCUT2D eigenvalue weighted by atomic mass is 32.3. The molecule has 1 rings (SSSR count). The van der Waals surface area contributed by atoms with Crippen molar-refractivity contribution in [1.29, 1.82) is 0 Å². The molecule has 74 valence electrons. The Kier molecular flexibility index (Phi) is 2.90. The molecular formula is C8H10F2O2S. The highest BCUT2D eigenvalue weighted by Gasteiger charge is 2.10. The first-order valence-corrected chi connectivity index (χ1v) is 5.66. The molecule has 0 fully saturated rings. The monoisotopic (exact) mass is 208 g/mol. The largest absolute Gasteiger partial charge is 0.299 e. The lowest BCUT2D eigenvalue weighted by molar-refractivity contribution is 0.491. The molecule has 0 amide bonds. The van der Waals surface area contributed by atoms with Gasteiger partial charge in [0.25, 0.3) is 0 Å². The number of halogens is 2. The van der Waals surface area contributed by atoms with Crippen molar-refractivity contribution in [3.8, 4) is 0 Å². The maximum atomic E-state index is 12.9. The van der Waals surface area contributed by atoms with E-state index in [0.717, 1.165) is 18.2 Å². The van der Waals surface area contributed by atoms with Gasteiger partial charge >= 0.3 is 0 Å². The minimum absolute atomic E-state index is 0.0116. The van der Waals surface area contributed by atoms with E-state index in [2.05, 4.69) is 0 Å². The van der Waals surface area contributed by atoms with Crippen molar-refractivity contribution < 1.29 is 17.9 Å². The standard InChI is InChI=1S/C8H10F2O2S/c1-13(11,12)5-6-4-7(9)2-3-8(6)10/h2-4,11-12H,5H2,1H3. The maximum absolute atomic E-state index is 12.9. The second kappa shape index (κ2) is 3.61. The zero-order valence-electron chi connectivity index (χ0n) is 7.00. The quantitative estimate of drug-likeness (QED) is 0.784. The molecule has 0 saturated heterocycles. The molecule has 1 aromatic rings. The third-order valence-corrected chi connectivity index (χ3v) is 2.29. The van der Waals surface area contributed by atoms with Crippen LogP contribution in [0.15, 0.2) is 18.2 Å². The lowest BCUT2D eigenvalue weighted by Gasteiger charge is -2.26. The van der Waals surface area contributed by atoms with Crippen molar-refractivity contribution >= 4 is 10.6 Å². The van der Waals surface area contributed by atoms with Crippen molar-refractivity contribution in [2.45, 2.75) is 5.75 Å². The summed E-state index contributed by atoms with van der Waals surface area (Å²) in [6.07, 6.45) is 1.19. The number of benzene rings is 1. The molecule has 0 spiro atoms. The van der Waals surface area contributed by atoms with E-state index in [0.29, 0.717) is 0 Å². The average Bonchev–Trinajstić information content (AvgIpc) is 1.94. The Morgan fingerprint density at radius 1 is 1.31 bits per heavy atom. The maximum Gasteiger partial charge on any atom is 0.128 e. The highest BCUT2D eigenvalue weighted by molar-refractivity contribution is 8.23. The zero-order chi connectivity index (χ0) is 10.1. The Bertz CT molecular complexity index is 310. The van der Waals surface area contributed by atoms with E-state index >= 15 is 0 Å². The molecule has 0 aliphatic carbocycles. The summed E-state index contributed by atoms with van der Waals surface area (Å²) in [5, 5.41) is 0. The minimum Gasteiger partial charge on any atom is -0.299 e. The Hall–Kier alpha value is -0.650. The Morgan fingerprint density at radius 3 is 2.46 bits per heavy atom. The molecule has 0 atom stereocenters. The van der Waals surface area contributed by atoms with Crippen LogP contribution in [0.5, 0.6) is 0 Å². The zero-order valence-corrected chi connectivity index (χ0v) is 7.81. The molecule has 0 aliphatic heterocycles. The van der Waals surface area contributed by atoms with Crippen molar-refractivity contribution in [2.24, 2.45) is 0 Å². The first-order chi connectivity index (χ1) is 5.88. The van der Waals surface area contributed by atoms with Crippen LogP contribution in [-0.2, 0) is 5.75 Å². The summed E-state index contributed by atoms with van der Waals surface area (Å²) in [5.74, 6) is -1.46. The Labute approximate surface area is 76.6 Å². The molecule has 0 bridgehead atoms. The first kappa shape index (κ1) is 10.4. The number of hydrogen-bond acceptors (Lipinski definition) is 2. The van der Waals surface area contributed by atoms with Crippen LogP contribution in [0.3, 0.4) is 0 Å². The third kappa shape index (κ3) is 3.30. The second-order valence-electron chi connectivity index (χ2n) is 2.87.